The van der Waals surface area contributed by atoms with Crippen LogP contribution in [0.25, 0.3) is 0 Å². The number of thioether (sulfide) groups is 1. The Morgan fingerprint density at radius 2 is 2.40 bits per heavy atom. The molecule has 1 aliphatic heterocycles. The van der Waals surface area contributed by atoms with Crippen molar-refractivity contribution in [1.82, 2.24) is 5.32 Å². The van der Waals surface area contributed by atoms with Gasteiger partial charge in [-0.1, -0.05) is 6.07 Å². The zero-order valence-electron chi connectivity index (χ0n) is 8.63. The molecule has 1 saturated heterocycles. The van der Waals surface area contributed by atoms with Crippen LogP contribution < -0.4 is 5.32 Å². The molecule has 1 atom stereocenters. The first-order valence-corrected chi connectivity index (χ1v) is 6.19. The van der Waals surface area contributed by atoms with Crippen LogP contribution in [0.3, 0.4) is 0 Å². The molecule has 0 bridgehead atoms. The number of hydrogen-bond acceptors (Lipinski definition) is 3. The maximum absolute atomic E-state index is 13.5. The van der Waals surface area contributed by atoms with Gasteiger partial charge in [0.15, 0.2) is 0 Å². The summed E-state index contributed by atoms with van der Waals surface area (Å²) in [6.07, 6.45) is 1.86. The lowest BCUT2D eigenvalue weighted by atomic mass is 10.1. The fourth-order valence-corrected chi connectivity index (χ4v) is 2.12. The van der Waals surface area contributed by atoms with E-state index in [9.17, 15) is 4.39 Å². The van der Waals surface area contributed by atoms with Gasteiger partial charge < -0.3 is 10.1 Å². The standard InChI is InChI=1S/C11H14FNOS/c1-15-11-3-2-8(6-9(11)12)10-7-13-4-5-14-10/h2-3,6,10,13H,4-5,7H2,1H3. The van der Waals surface area contributed by atoms with Crippen LogP contribution in [0.2, 0.25) is 0 Å². The van der Waals surface area contributed by atoms with Crippen molar-refractivity contribution in [3.05, 3.63) is 29.6 Å². The van der Waals surface area contributed by atoms with Gasteiger partial charge in [-0.25, -0.2) is 4.39 Å². The summed E-state index contributed by atoms with van der Waals surface area (Å²) in [7, 11) is 0. The Labute approximate surface area is 93.2 Å². The van der Waals surface area contributed by atoms with Crippen LogP contribution in [0.1, 0.15) is 11.7 Å². The summed E-state index contributed by atoms with van der Waals surface area (Å²) < 4.78 is 19.1. The van der Waals surface area contributed by atoms with Crippen LogP contribution in [0.5, 0.6) is 0 Å². The third-order valence-electron chi connectivity index (χ3n) is 2.48. The van der Waals surface area contributed by atoms with Gasteiger partial charge in [0.25, 0.3) is 0 Å². The van der Waals surface area contributed by atoms with Gasteiger partial charge >= 0.3 is 0 Å². The molecule has 0 saturated carbocycles. The van der Waals surface area contributed by atoms with Gasteiger partial charge in [0, 0.05) is 18.0 Å². The summed E-state index contributed by atoms with van der Waals surface area (Å²) in [5, 5.41) is 3.23. The van der Waals surface area contributed by atoms with Gasteiger partial charge in [0.05, 0.1) is 12.7 Å². The summed E-state index contributed by atoms with van der Waals surface area (Å²) in [5.74, 6) is -0.158. The first kappa shape index (κ1) is 10.9. The summed E-state index contributed by atoms with van der Waals surface area (Å²) in [5.41, 5.74) is 0.914. The fourth-order valence-electron chi connectivity index (χ4n) is 1.66. The molecule has 82 valence electrons. The molecule has 1 aromatic rings. The molecule has 2 rings (SSSR count). The molecule has 0 spiro atoms. The number of halogens is 1. The number of morpholine rings is 1. The van der Waals surface area contributed by atoms with E-state index < -0.39 is 0 Å². The third-order valence-corrected chi connectivity index (χ3v) is 3.25. The zero-order valence-corrected chi connectivity index (χ0v) is 9.44. The molecule has 2 nitrogen and oxygen atoms in total. The Hall–Kier alpha value is -0.580. The van der Waals surface area contributed by atoms with E-state index in [2.05, 4.69) is 5.32 Å². The van der Waals surface area contributed by atoms with Gasteiger partial charge in [0.1, 0.15) is 5.82 Å². The largest absolute Gasteiger partial charge is 0.371 e. The van der Waals surface area contributed by atoms with E-state index >= 15 is 0 Å². The van der Waals surface area contributed by atoms with Gasteiger partial charge in [-0.3, -0.25) is 0 Å². The monoisotopic (exact) mass is 227 g/mol. The molecule has 0 aliphatic carbocycles. The van der Waals surface area contributed by atoms with E-state index in [1.165, 1.54) is 11.8 Å². The second kappa shape index (κ2) is 4.96. The van der Waals surface area contributed by atoms with Gasteiger partial charge in [-0.2, -0.15) is 0 Å². The first-order valence-electron chi connectivity index (χ1n) is 4.97. The van der Waals surface area contributed by atoms with E-state index in [1.54, 1.807) is 6.07 Å². The van der Waals surface area contributed by atoms with Crippen molar-refractivity contribution < 1.29 is 9.13 Å². The Morgan fingerprint density at radius 3 is 3.00 bits per heavy atom. The Bertz CT molecular complexity index is 339. The van der Waals surface area contributed by atoms with Crippen molar-refractivity contribution in [1.29, 1.82) is 0 Å². The van der Waals surface area contributed by atoms with Crippen molar-refractivity contribution in [3.63, 3.8) is 0 Å². The fraction of sp³-hybridized carbons (Fsp3) is 0.455. The maximum Gasteiger partial charge on any atom is 0.137 e. The molecular weight excluding hydrogens is 213 g/mol. The summed E-state index contributed by atoms with van der Waals surface area (Å²) in [4.78, 5) is 0.683. The van der Waals surface area contributed by atoms with E-state index in [-0.39, 0.29) is 11.9 Å². The molecule has 0 aromatic heterocycles. The molecule has 1 heterocycles. The average Bonchev–Trinajstić information content (AvgIpc) is 2.30. The van der Waals surface area contributed by atoms with Gasteiger partial charge in [-0.05, 0) is 24.0 Å². The van der Waals surface area contributed by atoms with E-state index in [0.29, 0.717) is 11.5 Å². The minimum absolute atomic E-state index is 0.0100. The second-order valence-electron chi connectivity index (χ2n) is 3.46. The normalized spacial score (nSPS) is 21.6. The minimum Gasteiger partial charge on any atom is -0.371 e. The smallest absolute Gasteiger partial charge is 0.137 e. The number of ether oxygens (including phenoxy) is 1. The predicted molar refractivity (Wildman–Crippen MR) is 59.7 cm³/mol. The highest BCUT2D eigenvalue weighted by Crippen LogP contribution is 2.25. The van der Waals surface area contributed by atoms with Crippen LogP contribution in [-0.4, -0.2) is 26.0 Å². The van der Waals surface area contributed by atoms with E-state index in [4.69, 9.17) is 4.74 Å². The van der Waals surface area contributed by atoms with Gasteiger partial charge in [-0.15, -0.1) is 11.8 Å². The van der Waals surface area contributed by atoms with Crippen LogP contribution in [0, 0.1) is 5.82 Å². The second-order valence-corrected chi connectivity index (χ2v) is 4.31. The molecule has 1 unspecified atom stereocenters. The molecule has 1 aromatic carbocycles. The maximum atomic E-state index is 13.5. The Balaban J connectivity index is 2.17. The quantitative estimate of drug-likeness (QED) is 0.783. The van der Waals surface area contributed by atoms with Crippen molar-refractivity contribution >= 4 is 11.8 Å². The van der Waals surface area contributed by atoms with Crippen molar-refractivity contribution in [3.8, 4) is 0 Å². The summed E-state index contributed by atoms with van der Waals surface area (Å²) in [6.45, 7) is 2.33. The summed E-state index contributed by atoms with van der Waals surface area (Å²) in [6, 6.07) is 5.32. The summed E-state index contributed by atoms with van der Waals surface area (Å²) >= 11 is 1.42. The van der Waals surface area contributed by atoms with Crippen molar-refractivity contribution in [2.45, 2.75) is 11.0 Å². The number of hydrogen-bond donors (Lipinski definition) is 1. The van der Waals surface area contributed by atoms with Crippen LogP contribution >= 0.6 is 11.8 Å². The molecule has 0 amide bonds. The molecular formula is C11H14FNOS. The molecule has 4 heteroatoms. The molecule has 0 radical (unpaired) electrons. The lowest BCUT2D eigenvalue weighted by Crippen LogP contribution is -2.33. The lowest BCUT2D eigenvalue weighted by Gasteiger charge is -2.24. The minimum atomic E-state index is -0.158. The SMILES string of the molecule is CSc1ccc(C2CNCCO2)cc1F. The van der Waals surface area contributed by atoms with E-state index in [0.717, 1.165) is 18.7 Å². The number of rotatable bonds is 2. The molecule has 1 fully saturated rings. The average molecular weight is 227 g/mol. The molecule has 15 heavy (non-hydrogen) atoms. The van der Waals surface area contributed by atoms with Crippen molar-refractivity contribution in [2.75, 3.05) is 26.0 Å². The van der Waals surface area contributed by atoms with Crippen LogP contribution in [0.15, 0.2) is 23.1 Å². The molecule has 1 N–H and O–H groups in total. The number of nitrogens with one attached hydrogen (secondary N) is 1. The van der Waals surface area contributed by atoms with E-state index in [1.807, 2.05) is 18.4 Å². The third kappa shape index (κ3) is 2.51. The highest BCUT2D eigenvalue weighted by molar-refractivity contribution is 7.98. The van der Waals surface area contributed by atoms with Crippen LogP contribution in [0.4, 0.5) is 4.39 Å². The highest BCUT2D eigenvalue weighted by atomic mass is 32.2. The van der Waals surface area contributed by atoms with Crippen molar-refractivity contribution in [2.24, 2.45) is 0 Å². The van der Waals surface area contributed by atoms with Crippen LogP contribution in [-0.2, 0) is 4.74 Å². The zero-order chi connectivity index (χ0) is 10.7. The highest BCUT2D eigenvalue weighted by Gasteiger charge is 2.16. The lowest BCUT2D eigenvalue weighted by molar-refractivity contribution is 0.0275. The molecule has 1 aliphatic rings. The first-order chi connectivity index (χ1) is 7.31. The Kier molecular flexibility index (Phi) is 3.61. The topological polar surface area (TPSA) is 21.3 Å². The van der Waals surface area contributed by atoms with Gasteiger partial charge in [0.2, 0.25) is 0 Å². The Morgan fingerprint density at radius 1 is 1.53 bits per heavy atom. The predicted octanol–water partition coefficient (Wildman–Crippen LogP) is 2.21. The number of benzene rings is 1.